The number of aliphatic hydroxyl groups excluding tert-OH is 1. The third-order valence-corrected chi connectivity index (χ3v) is 3.46. The summed E-state index contributed by atoms with van der Waals surface area (Å²) < 4.78 is 40.8. The van der Waals surface area contributed by atoms with Crippen molar-refractivity contribution in [2.45, 2.75) is 13.0 Å². The molecule has 100 valence electrons. The molecule has 0 aliphatic rings. The van der Waals surface area contributed by atoms with Gasteiger partial charge in [0, 0.05) is 0 Å². The van der Waals surface area contributed by atoms with Crippen molar-refractivity contribution >= 4 is 15.9 Å². The summed E-state index contributed by atoms with van der Waals surface area (Å²) in [5.74, 6) is -2.15. The Labute approximate surface area is 116 Å². The van der Waals surface area contributed by atoms with Crippen molar-refractivity contribution in [1.29, 1.82) is 0 Å². The number of hydrogen-bond donors (Lipinski definition) is 1. The first-order valence-electron chi connectivity index (χ1n) is 5.49. The van der Waals surface area contributed by atoms with E-state index in [4.69, 9.17) is 0 Å². The quantitative estimate of drug-likeness (QED) is 0.872. The first kappa shape index (κ1) is 14.1. The van der Waals surface area contributed by atoms with Gasteiger partial charge in [-0.2, -0.15) is 0 Å². The van der Waals surface area contributed by atoms with E-state index < -0.39 is 29.1 Å². The summed E-state index contributed by atoms with van der Waals surface area (Å²) in [7, 11) is 0. The molecule has 5 heteroatoms. The third-order valence-electron chi connectivity index (χ3n) is 2.85. The molecule has 1 nitrogen and oxygen atoms in total. The summed E-state index contributed by atoms with van der Waals surface area (Å²) in [6, 6.07) is 6.08. The number of halogens is 4. The van der Waals surface area contributed by atoms with Gasteiger partial charge in [0.2, 0.25) is 0 Å². The molecule has 0 radical (unpaired) electrons. The molecule has 0 fully saturated rings. The largest absolute Gasteiger partial charge is 0.383 e. The number of benzene rings is 2. The number of rotatable bonds is 2. The highest BCUT2D eigenvalue weighted by Crippen LogP contribution is 2.30. The molecule has 0 aliphatic heterocycles. The number of aliphatic hydroxyl groups is 1. The van der Waals surface area contributed by atoms with Crippen molar-refractivity contribution in [3.8, 4) is 0 Å². The standard InChI is InChI=1S/C14H10BrF3O/c1-7-2-4-11(17)12(13(7)18)14(19)8-3-5-10(16)9(15)6-8/h2-6,14,19H,1H3. The van der Waals surface area contributed by atoms with Crippen LogP contribution >= 0.6 is 15.9 Å². The highest BCUT2D eigenvalue weighted by molar-refractivity contribution is 9.10. The summed E-state index contributed by atoms with van der Waals surface area (Å²) in [5, 5.41) is 10.1. The molecule has 0 aliphatic carbocycles. The fraction of sp³-hybridized carbons (Fsp3) is 0.143. The molecule has 2 rings (SSSR count). The van der Waals surface area contributed by atoms with E-state index >= 15 is 0 Å². The normalized spacial score (nSPS) is 12.5. The Morgan fingerprint density at radius 3 is 2.32 bits per heavy atom. The van der Waals surface area contributed by atoms with E-state index in [1.165, 1.54) is 25.1 Å². The van der Waals surface area contributed by atoms with E-state index in [2.05, 4.69) is 15.9 Å². The van der Waals surface area contributed by atoms with Crippen LogP contribution in [0, 0.1) is 24.4 Å². The monoisotopic (exact) mass is 330 g/mol. The molecule has 0 aromatic heterocycles. The summed E-state index contributed by atoms with van der Waals surface area (Å²) in [6.45, 7) is 1.48. The van der Waals surface area contributed by atoms with Gasteiger partial charge in [0.15, 0.2) is 0 Å². The van der Waals surface area contributed by atoms with Crippen LogP contribution in [0.5, 0.6) is 0 Å². The van der Waals surface area contributed by atoms with Crippen molar-refractivity contribution in [3.05, 3.63) is 68.9 Å². The molecule has 0 bridgehead atoms. The van der Waals surface area contributed by atoms with Gasteiger partial charge in [0.25, 0.3) is 0 Å². The SMILES string of the molecule is Cc1ccc(F)c(C(O)c2ccc(F)c(Br)c2)c1F. The van der Waals surface area contributed by atoms with E-state index in [0.29, 0.717) is 0 Å². The molecule has 0 saturated heterocycles. The number of hydrogen-bond acceptors (Lipinski definition) is 1. The summed E-state index contributed by atoms with van der Waals surface area (Å²) in [4.78, 5) is 0. The van der Waals surface area contributed by atoms with Crippen LogP contribution in [0.1, 0.15) is 22.8 Å². The molecule has 1 atom stereocenters. The smallest absolute Gasteiger partial charge is 0.137 e. The van der Waals surface area contributed by atoms with Gasteiger partial charge in [-0.3, -0.25) is 0 Å². The second-order valence-corrected chi connectivity index (χ2v) is 5.02. The highest BCUT2D eigenvalue weighted by Gasteiger charge is 2.21. The van der Waals surface area contributed by atoms with Crippen LogP contribution in [0.3, 0.4) is 0 Å². The molecule has 0 saturated carbocycles. The van der Waals surface area contributed by atoms with E-state index in [1.807, 2.05) is 0 Å². The fourth-order valence-corrected chi connectivity index (χ4v) is 2.17. The van der Waals surface area contributed by atoms with E-state index in [0.717, 1.165) is 12.1 Å². The van der Waals surface area contributed by atoms with Crippen molar-refractivity contribution < 1.29 is 18.3 Å². The van der Waals surface area contributed by atoms with Gasteiger partial charge in [-0.15, -0.1) is 0 Å². The van der Waals surface area contributed by atoms with Crippen LogP contribution in [0.25, 0.3) is 0 Å². The van der Waals surface area contributed by atoms with Crippen LogP contribution in [-0.2, 0) is 0 Å². The van der Waals surface area contributed by atoms with Crippen molar-refractivity contribution in [2.75, 3.05) is 0 Å². The lowest BCUT2D eigenvalue weighted by molar-refractivity contribution is 0.208. The Bertz CT molecular complexity index is 628. The minimum atomic E-state index is -1.49. The summed E-state index contributed by atoms with van der Waals surface area (Å²) >= 11 is 2.96. The van der Waals surface area contributed by atoms with Gasteiger partial charge in [-0.05, 0) is 52.2 Å². The lowest BCUT2D eigenvalue weighted by Gasteiger charge is -2.15. The molecule has 0 spiro atoms. The number of aryl methyl sites for hydroxylation is 1. The maximum Gasteiger partial charge on any atom is 0.137 e. The zero-order valence-electron chi connectivity index (χ0n) is 9.92. The maximum absolute atomic E-state index is 13.9. The minimum Gasteiger partial charge on any atom is -0.383 e. The average Bonchev–Trinajstić information content (AvgIpc) is 2.37. The summed E-state index contributed by atoms with van der Waals surface area (Å²) in [5.41, 5.74) is 0.00631. The van der Waals surface area contributed by atoms with Gasteiger partial charge in [-0.25, -0.2) is 13.2 Å². The van der Waals surface area contributed by atoms with Crippen LogP contribution in [-0.4, -0.2) is 5.11 Å². The topological polar surface area (TPSA) is 20.2 Å². The van der Waals surface area contributed by atoms with Crippen molar-refractivity contribution in [2.24, 2.45) is 0 Å². The lowest BCUT2D eigenvalue weighted by atomic mass is 9.98. The molecule has 19 heavy (non-hydrogen) atoms. The van der Waals surface area contributed by atoms with Gasteiger partial charge < -0.3 is 5.11 Å². The van der Waals surface area contributed by atoms with E-state index in [-0.39, 0.29) is 15.6 Å². The molecule has 1 N–H and O–H groups in total. The molecular weight excluding hydrogens is 321 g/mol. The van der Waals surface area contributed by atoms with Gasteiger partial charge in [-0.1, -0.05) is 12.1 Å². The highest BCUT2D eigenvalue weighted by atomic mass is 79.9. The molecule has 0 amide bonds. The molecule has 0 heterocycles. The second kappa shape index (κ2) is 5.35. The first-order valence-corrected chi connectivity index (χ1v) is 6.28. The Balaban J connectivity index is 2.52. The molecular formula is C14H10BrF3O. The predicted octanol–water partition coefficient (Wildman–Crippen LogP) is 4.26. The Kier molecular flexibility index (Phi) is 3.96. The Morgan fingerprint density at radius 2 is 1.68 bits per heavy atom. The first-order chi connectivity index (χ1) is 8.91. The predicted molar refractivity (Wildman–Crippen MR) is 69.3 cm³/mol. The molecule has 2 aromatic rings. The zero-order valence-corrected chi connectivity index (χ0v) is 11.5. The third kappa shape index (κ3) is 2.67. The van der Waals surface area contributed by atoms with Gasteiger partial charge in [0.1, 0.15) is 23.6 Å². The van der Waals surface area contributed by atoms with Crippen LogP contribution in [0.2, 0.25) is 0 Å². The molecule has 2 aromatic carbocycles. The van der Waals surface area contributed by atoms with Crippen LogP contribution in [0.15, 0.2) is 34.8 Å². The summed E-state index contributed by atoms with van der Waals surface area (Å²) in [6.07, 6.45) is -1.49. The van der Waals surface area contributed by atoms with Gasteiger partial charge >= 0.3 is 0 Å². The Morgan fingerprint density at radius 1 is 1.05 bits per heavy atom. The zero-order chi connectivity index (χ0) is 14.2. The minimum absolute atomic E-state index is 0.123. The molecule has 1 unspecified atom stereocenters. The van der Waals surface area contributed by atoms with Crippen molar-refractivity contribution in [1.82, 2.24) is 0 Å². The van der Waals surface area contributed by atoms with Crippen molar-refractivity contribution in [3.63, 3.8) is 0 Å². The maximum atomic E-state index is 13.9. The van der Waals surface area contributed by atoms with Gasteiger partial charge in [0.05, 0.1) is 10.0 Å². The Hall–Kier alpha value is -1.33. The van der Waals surface area contributed by atoms with E-state index in [9.17, 15) is 18.3 Å². The fourth-order valence-electron chi connectivity index (χ4n) is 1.78. The second-order valence-electron chi connectivity index (χ2n) is 4.17. The average molecular weight is 331 g/mol. The lowest BCUT2D eigenvalue weighted by Crippen LogP contribution is -2.07. The van der Waals surface area contributed by atoms with Crippen LogP contribution < -0.4 is 0 Å². The van der Waals surface area contributed by atoms with E-state index in [1.54, 1.807) is 0 Å². The van der Waals surface area contributed by atoms with Crippen LogP contribution in [0.4, 0.5) is 13.2 Å².